The quantitative estimate of drug-likeness (QED) is 0.739. The zero-order chi connectivity index (χ0) is 18.5. The van der Waals surface area contributed by atoms with E-state index < -0.39 is 5.82 Å². The van der Waals surface area contributed by atoms with Gasteiger partial charge in [-0.1, -0.05) is 41.6 Å². The van der Waals surface area contributed by atoms with Gasteiger partial charge in [-0.2, -0.15) is 0 Å². The summed E-state index contributed by atoms with van der Waals surface area (Å²) in [7, 11) is 0. The van der Waals surface area contributed by atoms with Crippen LogP contribution in [0.2, 0.25) is 0 Å². The summed E-state index contributed by atoms with van der Waals surface area (Å²) in [6, 6.07) is 13.7. The molecule has 2 aromatic rings. The first-order valence-electron chi connectivity index (χ1n) is 8.53. The Morgan fingerprint density at radius 2 is 2.15 bits per heavy atom. The van der Waals surface area contributed by atoms with E-state index in [4.69, 9.17) is 4.84 Å². The van der Waals surface area contributed by atoms with Crippen LogP contribution < -0.4 is 0 Å². The molecule has 26 heavy (non-hydrogen) atoms. The molecule has 0 radical (unpaired) electrons. The summed E-state index contributed by atoms with van der Waals surface area (Å²) in [5.41, 5.74) is 3.38. The zero-order valence-electron chi connectivity index (χ0n) is 14.7. The van der Waals surface area contributed by atoms with Crippen molar-refractivity contribution in [3.8, 4) is 0 Å². The number of benzene rings is 2. The molecule has 1 aliphatic heterocycles. The Balaban J connectivity index is 1.69. The fraction of sp³-hybridized carbons (Fsp3) is 0.238. The van der Waals surface area contributed by atoms with Crippen molar-refractivity contribution in [1.29, 1.82) is 0 Å². The van der Waals surface area contributed by atoms with Crippen molar-refractivity contribution >= 4 is 11.6 Å². The van der Waals surface area contributed by atoms with Crippen LogP contribution in [0, 0.1) is 12.7 Å². The zero-order valence-corrected chi connectivity index (χ0v) is 14.7. The van der Waals surface area contributed by atoms with Crippen LogP contribution >= 0.6 is 0 Å². The van der Waals surface area contributed by atoms with Gasteiger partial charge < -0.3 is 9.74 Å². The molecule has 0 aliphatic carbocycles. The van der Waals surface area contributed by atoms with E-state index >= 15 is 0 Å². The fourth-order valence-corrected chi connectivity index (χ4v) is 3.03. The normalized spacial score (nSPS) is 15.9. The van der Waals surface area contributed by atoms with Gasteiger partial charge >= 0.3 is 0 Å². The minimum Gasteiger partial charge on any atom is -0.390 e. The van der Waals surface area contributed by atoms with Crippen LogP contribution in [0.1, 0.15) is 27.9 Å². The molecule has 1 aliphatic rings. The average molecular weight is 352 g/mol. The van der Waals surface area contributed by atoms with Gasteiger partial charge in [0.2, 0.25) is 0 Å². The molecule has 5 heteroatoms. The maximum Gasteiger partial charge on any atom is 0.254 e. The highest BCUT2D eigenvalue weighted by Crippen LogP contribution is 2.20. The van der Waals surface area contributed by atoms with Gasteiger partial charge in [-0.3, -0.25) is 4.79 Å². The highest BCUT2D eigenvalue weighted by Gasteiger charge is 2.27. The molecule has 1 heterocycles. The summed E-state index contributed by atoms with van der Waals surface area (Å²) in [6.45, 7) is 6.45. The van der Waals surface area contributed by atoms with Gasteiger partial charge in [-0.25, -0.2) is 4.39 Å². The van der Waals surface area contributed by atoms with E-state index in [9.17, 15) is 9.18 Å². The van der Waals surface area contributed by atoms with Crippen molar-refractivity contribution in [2.75, 3.05) is 13.1 Å². The van der Waals surface area contributed by atoms with E-state index in [2.05, 4.69) is 11.7 Å². The maximum absolute atomic E-state index is 13.4. The highest BCUT2D eigenvalue weighted by molar-refractivity contribution is 6.02. The maximum atomic E-state index is 13.4. The van der Waals surface area contributed by atoms with Gasteiger partial charge in [0.25, 0.3) is 5.91 Å². The first kappa shape index (κ1) is 17.9. The van der Waals surface area contributed by atoms with Gasteiger partial charge in [0.15, 0.2) is 6.10 Å². The molecule has 0 fully saturated rings. The number of rotatable bonds is 6. The molecule has 1 amide bonds. The summed E-state index contributed by atoms with van der Waals surface area (Å²) in [5, 5.41) is 4.20. The second-order valence-corrected chi connectivity index (χ2v) is 6.29. The van der Waals surface area contributed by atoms with Crippen LogP contribution in [0.5, 0.6) is 0 Å². The number of aryl methyl sites for hydroxylation is 1. The van der Waals surface area contributed by atoms with Gasteiger partial charge in [-0.05, 0) is 30.7 Å². The van der Waals surface area contributed by atoms with Crippen molar-refractivity contribution in [3.05, 3.63) is 83.7 Å². The second kappa shape index (κ2) is 7.95. The van der Waals surface area contributed by atoms with E-state index in [1.54, 1.807) is 17.0 Å². The van der Waals surface area contributed by atoms with Crippen molar-refractivity contribution in [1.82, 2.24) is 4.90 Å². The summed E-state index contributed by atoms with van der Waals surface area (Å²) in [4.78, 5) is 19.8. The third kappa shape index (κ3) is 3.99. The number of hydrogen-bond donors (Lipinski definition) is 0. The van der Waals surface area contributed by atoms with Crippen molar-refractivity contribution in [3.63, 3.8) is 0 Å². The Kier molecular flexibility index (Phi) is 5.46. The lowest BCUT2D eigenvalue weighted by molar-refractivity contribution is 0.0449. The molecule has 0 N–H and O–H groups in total. The predicted octanol–water partition coefficient (Wildman–Crippen LogP) is 3.96. The third-order valence-electron chi connectivity index (χ3n) is 4.32. The van der Waals surface area contributed by atoms with E-state index in [0.29, 0.717) is 25.1 Å². The van der Waals surface area contributed by atoms with E-state index in [-0.39, 0.29) is 12.0 Å². The minimum absolute atomic E-state index is 0.234. The molecule has 0 spiro atoms. The van der Waals surface area contributed by atoms with Crippen LogP contribution in [-0.4, -0.2) is 35.7 Å². The Morgan fingerprint density at radius 1 is 1.35 bits per heavy atom. The van der Waals surface area contributed by atoms with Crippen LogP contribution in [-0.2, 0) is 4.84 Å². The van der Waals surface area contributed by atoms with Gasteiger partial charge in [0.05, 0.1) is 12.3 Å². The minimum atomic E-state index is -0.434. The topological polar surface area (TPSA) is 41.9 Å². The molecule has 1 atom stereocenters. The monoisotopic (exact) mass is 352 g/mol. The number of hydrogen-bond acceptors (Lipinski definition) is 3. The predicted molar refractivity (Wildman–Crippen MR) is 99.7 cm³/mol. The van der Waals surface area contributed by atoms with Crippen LogP contribution in [0.15, 0.2) is 66.3 Å². The van der Waals surface area contributed by atoms with Crippen LogP contribution in [0.25, 0.3) is 0 Å². The van der Waals surface area contributed by atoms with Crippen molar-refractivity contribution < 1.29 is 14.0 Å². The Hall–Kier alpha value is -2.95. The largest absolute Gasteiger partial charge is 0.390 e. The van der Waals surface area contributed by atoms with Gasteiger partial charge in [0.1, 0.15) is 5.82 Å². The van der Waals surface area contributed by atoms with E-state index in [1.807, 2.05) is 31.2 Å². The summed E-state index contributed by atoms with van der Waals surface area (Å²) >= 11 is 0. The molecule has 2 aromatic carbocycles. The fourth-order valence-electron chi connectivity index (χ4n) is 3.03. The highest BCUT2D eigenvalue weighted by atomic mass is 19.1. The molecular weight excluding hydrogens is 331 g/mol. The summed E-state index contributed by atoms with van der Waals surface area (Å²) in [6.07, 6.45) is 2.03. The molecule has 0 bridgehead atoms. The van der Waals surface area contributed by atoms with Gasteiger partial charge in [0, 0.05) is 24.1 Å². The number of amides is 1. The van der Waals surface area contributed by atoms with E-state index in [1.165, 1.54) is 18.2 Å². The number of carbonyl (C=O) groups is 1. The third-order valence-corrected chi connectivity index (χ3v) is 4.32. The Morgan fingerprint density at radius 3 is 2.88 bits per heavy atom. The van der Waals surface area contributed by atoms with Crippen LogP contribution in [0.4, 0.5) is 4.39 Å². The molecule has 0 saturated carbocycles. The molecule has 4 nitrogen and oxygen atoms in total. The molecule has 0 aromatic heterocycles. The van der Waals surface area contributed by atoms with Crippen LogP contribution in [0.3, 0.4) is 0 Å². The number of nitrogens with zero attached hydrogens (tertiary/aromatic N) is 2. The van der Waals surface area contributed by atoms with Crippen molar-refractivity contribution in [2.45, 2.75) is 19.4 Å². The van der Waals surface area contributed by atoms with Gasteiger partial charge in [-0.15, -0.1) is 6.58 Å². The Bertz CT molecular complexity index is 847. The lowest BCUT2D eigenvalue weighted by atomic mass is 10.00. The molecular formula is C21H21FN2O2. The molecule has 3 rings (SSSR count). The van der Waals surface area contributed by atoms with Crippen molar-refractivity contribution in [2.24, 2.45) is 5.16 Å². The lowest BCUT2D eigenvalue weighted by Crippen LogP contribution is -2.37. The number of carbonyl (C=O) groups excluding carboxylic acids is 1. The second-order valence-electron chi connectivity index (χ2n) is 6.29. The Labute approximate surface area is 152 Å². The SMILES string of the molecule is C=CCN(C[C@@H]1CC(c2ccccc2C)=NO1)C(=O)c1cccc(F)c1. The number of oxime groups is 1. The average Bonchev–Trinajstić information content (AvgIpc) is 3.09. The molecule has 0 unspecified atom stereocenters. The molecule has 0 saturated heterocycles. The number of halogens is 1. The first-order chi connectivity index (χ1) is 12.6. The smallest absolute Gasteiger partial charge is 0.254 e. The van der Waals surface area contributed by atoms with E-state index in [0.717, 1.165) is 16.8 Å². The summed E-state index contributed by atoms with van der Waals surface area (Å²) in [5.74, 6) is -0.686. The standard InChI is InChI=1S/C21H21FN2O2/c1-3-11-24(21(25)16-8-6-9-17(22)12-16)14-18-13-20(23-26-18)19-10-5-4-7-15(19)2/h3-10,12,18H,1,11,13-14H2,2H3/t18-/m0/s1. The molecule has 134 valence electrons. The summed E-state index contributed by atoms with van der Waals surface area (Å²) < 4.78 is 13.4. The first-order valence-corrected chi connectivity index (χ1v) is 8.53. The lowest BCUT2D eigenvalue weighted by Gasteiger charge is -2.23.